The molecule has 1 aromatic heterocycles. The van der Waals surface area contributed by atoms with Crippen molar-refractivity contribution in [1.29, 1.82) is 0 Å². The molecule has 0 saturated heterocycles. The van der Waals surface area contributed by atoms with E-state index in [1.165, 1.54) is 0 Å². The summed E-state index contributed by atoms with van der Waals surface area (Å²) in [6.45, 7) is 0. The Balaban J connectivity index is 2.53. The van der Waals surface area contributed by atoms with Gasteiger partial charge < -0.3 is 10.0 Å². The lowest BCUT2D eigenvalue weighted by Gasteiger charge is -2.07. The van der Waals surface area contributed by atoms with Crippen LogP contribution in [0.4, 0.5) is 0 Å². The molecule has 4 heteroatoms. The van der Waals surface area contributed by atoms with E-state index >= 15 is 0 Å². The van der Waals surface area contributed by atoms with Crippen LogP contribution in [-0.2, 0) is 0 Å². The largest absolute Gasteiger partial charge is 0.489 e. The van der Waals surface area contributed by atoms with E-state index in [1.807, 2.05) is 24.3 Å². The monoisotopic (exact) mass is 199 g/mol. The van der Waals surface area contributed by atoms with Gasteiger partial charge in [-0.1, -0.05) is 30.3 Å². The van der Waals surface area contributed by atoms with Crippen molar-refractivity contribution >= 4 is 12.6 Å². The molecule has 2 N–H and O–H groups in total. The molecule has 1 aromatic carbocycles. The molecule has 1 heterocycles. The lowest BCUT2D eigenvalue weighted by Crippen LogP contribution is -2.31. The quantitative estimate of drug-likeness (QED) is 0.689. The molecule has 74 valence electrons. The molecule has 0 unspecified atom stereocenters. The fraction of sp³-hybridized carbons (Fsp3) is 0. The van der Waals surface area contributed by atoms with E-state index in [0.717, 1.165) is 11.1 Å². The normalized spacial score (nSPS) is 10.0. The molecule has 0 aliphatic heterocycles. The summed E-state index contributed by atoms with van der Waals surface area (Å²) in [5.41, 5.74) is 2.16. The first kappa shape index (κ1) is 9.89. The summed E-state index contributed by atoms with van der Waals surface area (Å²) < 4.78 is 0. The Hall–Kier alpha value is -1.65. The second kappa shape index (κ2) is 4.25. The minimum atomic E-state index is -1.46. The van der Waals surface area contributed by atoms with Crippen LogP contribution >= 0.6 is 0 Å². The lowest BCUT2D eigenvalue weighted by molar-refractivity contribution is 0.426. The van der Waals surface area contributed by atoms with E-state index in [1.54, 1.807) is 24.5 Å². The van der Waals surface area contributed by atoms with Gasteiger partial charge in [0.1, 0.15) is 0 Å². The molecule has 0 saturated carbocycles. The molecule has 0 aliphatic carbocycles. The molecule has 0 amide bonds. The Kier molecular flexibility index (Phi) is 2.80. The van der Waals surface area contributed by atoms with Crippen molar-refractivity contribution < 1.29 is 10.0 Å². The van der Waals surface area contributed by atoms with Crippen molar-refractivity contribution in [1.82, 2.24) is 4.98 Å². The first-order valence-corrected chi connectivity index (χ1v) is 4.64. The second-order valence-corrected chi connectivity index (χ2v) is 3.20. The summed E-state index contributed by atoms with van der Waals surface area (Å²) in [5, 5.41) is 18.4. The van der Waals surface area contributed by atoms with Crippen LogP contribution in [0.2, 0.25) is 0 Å². The second-order valence-electron chi connectivity index (χ2n) is 3.20. The predicted octanol–water partition coefficient (Wildman–Crippen LogP) is 0.428. The highest BCUT2D eigenvalue weighted by Gasteiger charge is 2.15. The van der Waals surface area contributed by atoms with E-state index in [0.29, 0.717) is 5.46 Å². The Bertz CT molecular complexity index is 445. The predicted molar refractivity (Wildman–Crippen MR) is 59.5 cm³/mol. The number of aromatic nitrogens is 1. The zero-order chi connectivity index (χ0) is 10.7. The summed E-state index contributed by atoms with van der Waals surface area (Å²) in [6, 6.07) is 10.9. The van der Waals surface area contributed by atoms with Gasteiger partial charge in [0.05, 0.1) is 0 Å². The highest BCUT2D eigenvalue weighted by atomic mass is 16.4. The maximum atomic E-state index is 9.20. The van der Waals surface area contributed by atoms with Crippen molar-refractivity contribution in [3.63, 3.8) is 0 Å². The smallest absolute Gasteiger partial charge is 0.423 e. The first-order chi connectivity index (χ1) is 7.29. The van der Waals surface area contributed by atoms with E-state index in [-0.39, 0.29) is 0 Å². The Labute approximate surface area is 88.2 Å². The standard InChI is InChI=1S/C11H10BNO2/c14-12(15)11-6-2-1-5-10(11)9-4-3-7-13-8-9/h1-8,14-15H. The molecular formula is C11H10BNO2. The van der Waals surface area contributed by atoms with Crippen LogP contribution < -0.4 is 5.46 Å². The maximum Gasteiger partial charge on any atom is 0.489 e. The van der Waals surface area contributed by atoms with Crippen LogP contribution in [0.5, 0.6) is 0 Å². The minimum absolute atomic E-state index is 0.491. The average molecular weight is 199 g/mol. The van der Waals surface area contributed by atoms with Crippen molar-refractivity contribution in [3.05, 3.63) is 48.8 Å². The number of nitrogens with zero attached hydrogens (tertiary/aromatic N) is 1. The molecule has 3 nitrogen and oxygen atoms in total. The van der Waals surface area contributed by atoms with E-state index in [2.05, 4.69) is 4.98 Å². The Morgan fingerprint density at radius 3 is 2.47 bits per heavy atom. The third-order valence-corrected chi connectivity index (χ3v) is 2.21. The van der Waals surface area contributed by atoms with Gasteiger partial charge in [-0.3, -0.25) is 4.98 Å². The summed E-state index contributed by atoms with van der Waals surface area (Å²) in [7, 11) is -1.46. The fourth-order valence-corrected chi connectivity index (χ4v) is 1.51. The maximum absolute atomic E-state index is 9.20. The van der Waals surface area contributed by atoms with Crippen LogP contribution in [0.25, 0.3) is 11.1 Å². The minimum Gasteiger partial charge on any atom is -0.423 e. The molecule has 2 rings (SSSR count). The molecule has 0 spiro atoms. The van der Waals surface area contributed by atoms with Crippen molar-refractivity contribution in [3.8, 4) is 11.1 Å². The van der Waals surface area contributed by atoms with Gasteiger partial charge in [0, 0.05) is 12.4 Å². The van der Waals surface area contributed by atoms with Gasteiger partial charge in [0.15, 0.2) is 0 Å². The van der Waals surface area contributed by atoms with Crippen molar-refractivity contribution in [2.75, 3.05) is 0 Å². The van der Waals surface area contributed by atoms with E-state index in [9.17, 15) is 10.0 Å². The van der Waals surface area contributed by atoms with Crippen LogP contribution in [0.1, 0.15) is 0 Å². The number of rotatable bonds is 2. The SMILES string of the molecule is OB(O)c1ccccc1-c1cccnc1. The van der Waals surface area contributed by atoms with E-state index < -0.39 is 7.12 Å². The fourth-order valence-electron chi connectivity index (χ4n) is 1.51. The summed E-state index contributed by atoms with van der Waals surface area (Å²) in [4.78, 5) is 4.00. The number of benzene rings is 1. The van der Waals surface area contributed by atoms with Gasteiger partial charge >= 0.3 is 7.12 Å². The van der Waals surface area contributed by atoms with Gasteiger partial charge in [-0.15, -0.1) is 0 Å². The Morgan fingerprint density at radius 2 is 1.80 bits per heavy atom. The zero-order valence-electron chi connectivity index (χ0n) is 8.04. The molecule has 2 aromatic rings. The van der Waals surface area contributed by atoms with E-state index in [4.69, 9.17) is 0 Å². The third kappa shape index (κ3) is 2.06. The highest BCUT2D eigenvalue weighted by molar-refractivity contribution is 6.60. The number of hydrogen-bond acceptors (Lipinski definition) is 3. The molecule has 15 heavy (non-hydrogen) atoms. The van der Waals surface area contributed by atoms with Gasteiger partial charge in [-0.25, -0.2) is 0 Å². The van der Waals surface area contributed by atoms with Gasteiger partial charge in [0.25, 0.3) is 0 Å². The summed E-state index contributed by atoms with van der Waals surface area (Å²) >= 11 is 0. The van der Waals surface area contributed by atoms with Crippen molar-refractivity contribution in [2.24, 2.45) is 0 Å². The molecular weight excluding hydrogens is 189 g/mol. The van der Waals surface area contributed by atoms with Crippen LogP contribution in [-0.4, -0.2) is 22.2 Å². The lowest BCUT2D eigenvalue weighted by atomic mass is 9.76. The molecule has 0 bridgehead atoms. The third-order valence-electron chi connectivity index (χ3n) is 2.21. The number of hydrogen-bond donors (Lipinski definition) is 2. The molecule has 0 atom stereocenters. The van der Waals surface area contributed by atoms with Crippen LogP contribution in [0.15, 0.2) is 48.8 Å². The van der Waals surface area contributed by atoms with Gasteiger partial charge in [0.2, 0.25) is 0 Å². The highest BCUT2D eigenvalue weighted by Crippen LogP contribution is 2.15. The van der Waals surface area contributed by atoms with Crippen molar-refractivity contribution in [2.45, 2.75) is 0 Å². The van der Waals surface area contributed by atoms with Crippen LogP contribution in [0.3, 0.4) is 0 Å². The van der Waals surface area contributed by atoms with Crippen LogP contribution in [0, 0.1) is 0 Å². The Morgan fingerprint density at radius 1 is 1.00 bits per heavy atom. The van der Waals surface area contributed by atoms with Gasteiger partial charge in [-0.2, -0.15) is 0 Å². The number of pyridine rings is 1. The summed E-state index contributed by atoms with van der Waals surface area (Å²) in [6.07, 6.45) is 3.38. The first-order valence-electron chi connectivity index (χ1n) is 4.64. The average Bonchev–Trinajstić information content (AvgIpc) is 2.30. The zero-order valence-corrected chi connectivity index (χ0v) is 8.04. The van der Waals surface area contributed by atoms with Gasteiger partial charge in [-0.05, 0) is 22.7 Å². The summed E-state index contributed by atoms with van der Waals surface area (Å²) in [5.74, 6) is 0. The molecule has 0 radical (unpaired) electrons. The topological polar surface area (TPSA) is 53.4 Å². The molecule has 0 fully saturated rings. The molecule has 0 aliphatic rings.